The smallest absolute Gasteiger partial charge is 0.220 e. The van der Waals surface area contributed by atoms with Crippen molar-refractivity contribution < 1.29 is 9.59 Å². The van der Waals surface area contributed by atoms with E-state index in [0.717, 1.165) is 25.9 Å². The molecular weight excluding hydrogens is 192 g/mol. The van der Waals surface area contributed by atoms with E-state index in [9.17, 15) is 9.59 Å². The first-order chi connectivity index (χ1) is 7.00. The van der Waals surface area contributed by atoms with Crippen LogP contribution in [0.25, 0.3) is 0 Å². The average Bonchev–Trinajstić information content (AvgIpc) is 2.21. The third-order valence-electron chi connectivity index (χ3n) is 3.21. The molecule has 0 radical (unpaired) electrons. The SMILES string of the molecule is CCC(=O)NC1(C(C)=O)CCN(C)CC1. The highest BCUT2D eigenvalue weighted by molar-refractivity contribution is 5.91. The van der Waals surface area contributed by atoms with E-state index in [1.807, 2.05) is 7.05 Å². The summed E-state index contributed by atoms with van der Waals surface area (Å²) in [7, 11) is 2.03. The highest BCUT2D eigenvalue weighted by Crippen LogP contribution is 2.22. The minimum Gasteiger partial charge on any atom is -0.344 e. The average molecular weight is 212 g/mol. The summed E-state index contributed by atoms with van der Waals surface area (Å²) in [6, 6.07) is 0. The molecule has 0 saturated carbocycles. The van der Waals surface area contributed by atoms with Crippen LogP contribution < -0.4 is 5.32 Å². The van der Waals surface area contributed by atoms with Crippen LogP contribution in [0, 0.1) is 0 Å². The molecule has 0 spiro atoms. The molecule has 4 heteroatoms. The van der Waals surface area contributed by atoms with E-state index in [-0.39, 0.29) is 11.7 Å². The van der Waals surface area contributed by atoms with Crippen LogP contribution in [0.1, 0.15) is 33.1 Å². The number of amides is 1. The first-order valence-corrected chi connectivity index (χ1v) is 5.51. The molecule has 1 saturated heterocycles. The van der Waals surface area contributed by atoms with Gasteiger partial charge in [0.25, 0.3) is 0 Å². The zero-order valence-electron chi connectivity index (χ0n) is 9.80. The van der Waals surface area contributed by atoms with Crippen molar-refractivity contribution in [2.75, 3.05) is 20.1 Å². The van der Waals surface area contributed by atoms with Crippen molar-refractivity contribution in [3.05, 3.63) is 0 Å². The van der Waals surface area contributed by atoms with Crippen LogP contribution >= 0.6 is 0 Å². The van der Waals surface area contributed by atoms with Crippen LogP contribution in [-0.4, -0.2) is 42.3 Å². The van der Waals surface area contributed by atoms with Crippen LogP contribution in [0.4, 0.5) is 0 Å². The van der Waals surface area contributed by atoms with Gasteiger partial charge >= 0.3 is 0 Å². The van der Waals surface area contributed by atoms with Crippen molar-refractivity contribution in [3.63, 3.8) is 0 Å². The summed E-state index contributed by atoms with van der Waals surface area (Å²) in [6.45, 7) is 5.10. The Hall–Kier alpha value is -0.900. The molecule has 15 heavy (non-hydrogen) atoms. The van der Waals surface area contributed by atoms with Gasteiger partial charge < -0.3 is 10.2 Å². The van der Waals surface area contributed by atoms with Gasteiger partial charge in [0.1, 0.15) is 5.54 Å². The molecule has 4 nitrogen and oxygen atoms in total. The largest absolute Gasteiger partial charge is 0.344 e. The maximum atomic E-state index is 11.6. The molecule has 1 fully saturated rings. The molecule has 1 amide bonds. The molecule has 1 heterocycles. The fourth-order valence-electron chi connectivity index (χ4n) is 1.92. The summed E-state index contributed by atoms with van der Waals surface area (Å²) < 4.78 is 0. The lowest BCUT2D eigenvalue weighted by atomic mass is 9.84. The maximum Gasteiger partial charge on any atom is 0.220 e. The van der Waals surface area contributed by atoms with E-state index < -0.39 is 5.54 Å². The van der Waals surface area contributed by atoms with Crippen LogP contribution in [0.5, 0.6) is 0 Å². The molecule has 0 aromatic carbocycles. The summed E-state index contributed by atoms with van der Waals surface area (Å²) in [5.41, 5.74) is -0.598. The number of carbonyl (C=O) groups is 2. The Morgan fingerprint density at radius 3 is 2.27 bits per heavy atom. The second kappa shape index (κ2) is 4.75. The minimum atomic E-state index is -0.598. The quantitative estimate of drug-likeness (QED) is 0.744. The summed E-state index contributed by atoms with van der Waals surface area (Å²) in [6.07, 6.45) is 1.89. The van der Waals surface area contributed by atoms with Gasteiger partial charge in [-0.2, -0.15) is 0 Å². The zero-order valence-corrected chi connectivity index (χ0v) is 9.80. The predicted molar refractivity (Wildman–Crippen MR) is 58.6 cm³/mol. The Kier molecular flexibility index (Phi) is 3.85. The normalized spacial score (nSPS) is 21.0. The molecule has 1 rings (SSSR count). The van der Waals surface area contributed by atoms with Crippen molar-refractivity contribution in [3.8, 4) is 0 Å². The predicted octanol–water partition coefficient (Wildman–Crippen LogP) is 0.566. The van der Waals surface area contributed by atoms with Gasteiger partial charge in [0.05, 0.1) is 0 Å². The van der Waals surface area contributed by atoms with Crippen molar-refractivity contribution in [2.24, 2.45) is 0 Å². The van der Waals surface area contributed by atoms with E-state index in [1.165, 1.54) is 0 Å². The first-order valence-electron chi connectivity index (χ1n) is 5.51. The molecule has 1 aliphatic heterocycles. The van der Waals surface area contributed by atoms with Gasteiger partial charge in [0.2, 0.25) is 5.91 Å². The second-order valence-electron chi connectivity index (χ2n) is 4.34. The Bertz CT molecular complexity index is 255. The Balaban J connectivity index is 2.71. The third-order valence-corrected chi connectivity index (χ3v) is 3.21. The molecule has 0 atom stereocenters. The van der Waals surface area contributed by atoms with E-state index in [1.54, 1.807) is 13.8 Å². The molecule has 0 unspecified atom stereocenters. The monoisotopic (exact) mass is 212 g/mol. The summed E-state index contributed by atoms with van der Waals surface area (Å²) in [5, 5.41) is 2.89. The van der Waals surface area contributed by atoms with Crippen molar-refractivity contribution >= 4 is 11.7 Å². The van der Waals surface area contributed by atoms with Crippen molar-refractivity contribution in [1.82, 2.24) is 10.2 Å². The lowest BCUT2D eigenvalue weighted by Gasteiger charge is -2.39. The van der Waals surface area contributed by atoms with E-state index >= 15 is 0 Å². The topological polar surface area (TPSA) is 49.4 Å². The second-order valence-corrected chi connectivity index (χ2v) is 4.34. The van der Waals surface area contributed by atoms with E-state index in [4.69, 9.17) is 0 Å². The number of carbonyl (C=O) groups excluding carboxylic acids is 2. The standard InChI is InChI=1S/C11H20N2O2/c1-4-10(15)12-11(9(2)14)5-7-13(3)8-6-11/h4-8H2,1-3H3,(H,12,15). The fraction of sp³-hybridized carbons (Fsp3) is 0.818. The number of hydrogen-bond donors (Lipinski definition) is 1. The Morgan fingerprint density at radius 2 is 1.87 bits per heavy atom. The molecule has 1 N–H and O–H groups in total. The number of nitrogens with zero attached hydrogens (tertiary/aromatic N) is 1. The number of Topliss-reactive ketones (excluding diaryl/α,β-unsaturated/α-hetero) is 1. The van der Waals surface area contributed by atoms with Gasteiger partial charge in [0, 0.05) is 19.5 Å². The van der Waals surface area contributed by atoms with Gasteiger partial charge in [-0.25, -0.2) is 0 Å². The fourth-order valence-corrected chi connectivity index (χ4v) is 1.92. The lowest BCUT2D eigenvalue weighted by Crippen LogP contribution is -2.58. The van der Waals surface area contributed by atoms with Gasteiger partial charge in [-0.15, -0.1) is 0 Å². The highest BCUT2D eigenvalue weighted by Gasteiger charge is 2.38. The highest BCUT2D eigenvalue weighted by atomic mass is 16.2. The summed E-state index contributed by atoms with van der Waals surface area (Å²) in [4.78, 5) is 25.2. The Labute approximate surface area is 91.0 Å². The van der Waals surface area contributed by atoms with Crippen LogP contribution in [0.2, 0.25) is 0 Å². The van der Waals surface area contributed by atoms with Gasteiger partial charge in [-0.3, -0.25) is 9.59 Å². The zero-order chi connectivity index (χ0) is 11.5. The number of ketones is 1. The number of rotatable bonds is 3. The van der Waals surface area contributed by atoms with Crippen LogP contribution in [0.3, 0.4) is 0 Å². The van der Waals surface area contributed by atoms with Crippen molar-refractivity contribution in [2.45, 2.75) is 38.6 Å². The number of piperidine rings is 1. The summed E-state index contributed by atoms with van der Waals surface area (Å²) >= 11 is 0. The van der Waals surface area contributed by atoms with Gasteiger partial charge in [-0.1, -0.05) is 6.92 Å². The van der Waals surface area contributed by atoms with E-state index in [0.29, 0.717) is 6.42 Å². The summed E-state index contributed by atoms with van der Waals surface area (Å²) in [5.74, 6) is 0.0483. The molecule has 0 aromatic rings. The number of nitrogens with one attached hydrogen (secondary N) is 1. The molecule has 0 aliphatic carbocycles. The maximum absolute atomic E-state index is 11.6. The molecule has 0 aromatic heterocycles. The van der Waals surface area contributed by atoms with Crippen LogP contribution in [0.15, 0.2) is 0 Å². The first kappa shape index (κ1) is 12.2. The molecule has 86 valence electrons. The molecule has 0 bridgehead atoms. The van der Waals surface area contributed by atoms with Gasteiger partial charge in [-0.05, 0) is 26.8 Å². The number of hydrogen-bond acceptors (Lipinski definition) is 3. The molecule has 1 aliphatic rings. The third kappa shape index (κ3) is 2.78. The molecular formula is C11H20N2O2. The van der Waals surface area contributed by atoms with Crippen molar-refractivity contribution in [1.29, 1.82) is 0 Å². The van der Waals surface area contributed by atoms with Gasteiger partial charge in [0.15, 0.2) is 5.78 Å². The number of likely N-dealkylation sites (tertiary alicyclic amines) is 1. The Morgan fingerprint density at radius 1 is 1.33 bits per heavy atom. The lowest BCUT2D eigenvalue weighted by molar-refractivity contribution is -0.132. The minimum absolute atomic E-state index is 0.0326. The van der Waals surface area contributed by atoms with Crippen LogP contribution in [-0.2, 0) is 9.59 Å². The van der Waals surface area contributed by atoms with E-state index in [2.05, 4.69) is 10.2 Å².